The summed E-state index contributed by atoms with van der Waals surface area (Å²) in [5, 5.41) is 2.80. The van der Waals surface area contributed by atoms with Crippen molar-refractivity contribution in [3.05, 3.63) is 89.5 Å². The molecule has 35 heavy (non-hydrogen) atoms. The number of para-hydroxylation sites is 2. The van der Waals surface area contributed by atoms with Crippen LogP contribution in [-0.2, 0) is 26.0 Å². The third-order valence-corrected chi connectivity index (χ3v) is 8.02. The van der Waals surface area contributed by atoms with Gasteiger partial charge in [0.2, 0.25) is 0 Å². The smallest absolute Gasteiger partial charge is 0.338 e. The Labute approximate surface area is 205 Å². The van der Waals surface area contributed by atoms with E-state index in [9.17, 15) is 18.0 Å². The number of anilines is 2. The molecule has 4 rings (SSSR count). The fourth-order valence-electron chi connectivity index (χ4n) is 4.13. The molecule has 1 aliphatic rings. The molecule has 0 bridgehead atoms. The molecule has 0 spiro atoms. The third-order valence-electron chi connectivity index (χ3n) is 6.21. The van der Waals surface area contributed by atoms with Gasteiger partial charge in [0.05, 0.1) is 16.1 Å². The van der Waals surface area contributed by atoms with Crippen molar-refractivity contribution in [3.8, 4) is 0 Å². The number of nitrogens with one attached hydrogen (secondary N) is 1. The Kier molecular flexibility index (Phi) is 7.21. The zero-order chi connectivity index (χ0) is 25.0. The van der Waals surface area contributed by atoms with E-state index in [0.29, 0.717) is 24.3 Å². The Bertz CT molecular complexity index is 1350. The summed E-state index contributed by atoms with van der Waals surface area (Å²) in [6, 6.07) is 20.6. The van der Waals surface area contributed by atoms with Gasteiger partial charge in [0.15, 0.2) is 6.61 Å². The molecule has 1 heterocycles. The van der Waals surface area contributed by atoms with Gasteiger partial charge in [-0.05, 0) is 60.2 Å². The first-order valence-corrected chi connectivity index (χ1v) is 13.0. The molecule has 1 amide bonds. The van der Waals surface area contributed by atoms with E-state index >= 15 is 0 Å². The van der Waals surface area contributed by atoms with Gasteiger partial charge in [-0.3, -0.25) is 9.10 Å². The highest BCUT2D eigenvalue weighted by Gasteiger charge is 2.31. The highest BCUT2D eigenvalue weighted by Crippen LogP contribution is 2.33. The van der Waals surface area contributed by atoms with Crippen LogP contribution < -0.4 is 9.62 Å². The van der Waals surface area contributed by atoms with E-state index in [2.05, 4.69) is 19.2 Å². The van der Waals surface area contributed by atoms with E-state index in [1.807, 2.05) is 36.4 Å². The number of ether oxygens (including phenoxy) is 1. The number of carbonyl (C=O) groups is 2. The first kappa shape index (κ1) is 24.5. The Balaban J connectivity index is 1.43. The molecular formula is C27H28N2O5S. The summed E-state index contributed by atoms with van der Waals surface area (Å²) in [5.41, 5.74) is 3.37. The summed E-state index contributed by atoms with van der Waals surface area (Å²) >= 11 is 0. The number of benzene rings is 3. The summed E-state index contributed by atoms with van der Waals surface area (Å²) in [6.45, 7) is 4.01. The standard InChI is InChI=1S/C27H28N2O5S/c1-3-19(2)23-12-5-6-13-24(23)28-26(30)18-34-27(31)21-10-8-11-22(17-21)35(32,33)29-16-15-20-9-4-7-14-25(20)29/h4-14,17,19H,3,15-16,18H2,1-2H3,(H,28,30)/t19-/m0/s1. The topological polar surface area (TPSA) is 92.8 Å². The van der Waals surface area contributed by atoms with Crippen LogP contribution in [0, 0.1) is 0 Å². The second kappa shape index (κ2) is 10.3. The number of fused-ring (bicyclic) bond motifs is 1. The minimum absolute atomic E-state index is 0.00409. The van der Waals surface area contributed by atoms with Gasteiger partial charge in [-0.15, -0.1) is 0 Å². The van der Waals surface area contributed by atoms with Gasteiger partial charge >= 0.3 is 5.97 Å². The van der Waals surface area contributed by atoms with E-state index in [-0.39, 0.29) is 16.4 Å². The van der Waals surface area contributed by atoms with Gasteiger partial charge in [-0.1, -0.05) is 56.3 Å². The number of nitrogens with zero attached hydrogens (tertiary/aromatic N) is 1. The van der Waals surface area contributed by atoms with Crippen LogP contribution in [0.1, 0.15) is 47.7 Å². The molecule has 182 valence electrons. The maximum absolute atomic E-state index is 13.3. The van der Waals surface area contributed by atoms with Crippen LogP contribution >= 0.6 is 0 Å². The Morgan fingerprint density at radius 1 is 1.03 bits per heavy atom. The zero-order valence-corrected chi connectivity index (χ0v) is 20.5. The summed E-state index contributed by atoms with van der Waals surface area (Å²) in [6.07, 6.45) is 1.55. The lowest BCUT2D eigenvalue weighted by Gasteiger charge is -2.19. The summed E-state index contributed by atoms with van der Waals surface area (Å²) in [7, 11) is -3.85. The minimum Gasteiger partial charge on any atom is -0.452 e. The van der Waals surface area contributed by atoms with Gasteiger partial charge in [0, 0.05) is 12.2 Å². The van der Waals surface area contributed by atoms with E-state index in [4.69, 9.17) is 4.74 Å². The highest BCUT2D eigenvalue weighted by molar-refractivity contribution is 7.92. The van der Waals surface area contributed by atoms with Crippen LogP contribution in [0.15, 0.2) is 77.7 Å². The normalized spacial score (nSPS) is 13.7. The number of sulfonamides is 1. The van der Waals surface area contributed by atoms with Crippen molar-refractivity contribution in [2.24, 2.45) is 0 Å². The van der Waals surface area contributed by atoms with Crippen LogP contribution in [0.2, 0.25) is 0 Å². The number of esters is 1. The van der Waals surface area contributed by atoms with E-state index in [0.717, 1.165) is 17.5 Å². The first-order chi connectivity index (χ1) is 16.8. The summed E-state index contributed by atoms with van der Waals surface area (Å²) in [4.78, 5) is 25.0. The summed E-state index contributed by atoms with van der Waals surface area (Å²) < 4.78 is 33.1. The lowest BCUT2D eigenvalue weighted by molar-refractivity contribution is -0.119. The number of rotatable bonds is 8. The molecule has 0 aromatic heterocycles. The molecule has 1 atom stereocenters. The molecule has 0 saturated carbocycles. The average molecular weight is 493 g/mol. The van der Waals surface area contributed by atoms with Crippen molar-refractivity contribution in [2.75, 3.05) is 22.8 Å². The lowest BCUT2D eigenvalue weighted by Crippen LogP contribution is -2.29. The van der Waals surface area contributed by atoms with Crippen molar-refractivity contribution in [1.82, 2.24) is 0 Å². The number of hydrogen-bond donors (Lipinski definition) is 1. The van der Waals surface area contributed by atoms with Crippen LogP contribution in [0.5, 0.6) is 0 Å². The maximum atomic E-state index is 13.3. The fraction of sp³-hybridized carbons (Fsp3) is 0.259. The Hall–Kier alpha value is -3.65. The Morgan fingerprint density at radius 2 is 1.77 bits per heavy atom. The van der Waals surface area contributed by atoms with Crippen molar-refractivity contribution < 1.29 is 22.7 Å². The molecule has 7 nitrogen and oxygen atoms in total. The molecule has 1 N–H and O–H groups in total. The van der Waals surface area contributed by atoms with Crippen molar-refractivity contribution in [1.29, 1.82) is 0 Å². The van der Waals surface area contributed by atoms with E-state index in [1.54, 1.807) is 12.1 Å². The van der Waals surface area contributed by atoms with Gasteiger partial charge in [0.1, 0.15) is 0 Å². The van der Waals surface area contributed by atoms with Crippen molar-refractivity contribution >= 4 is 33.3 Å². The Morgan fingerprint density at radius 3 is 2.57 bits per heavy atom. The molecule has 0 saturated heterocycles. The van der Waals surface area contributed by atoms with Crippen molar-refractivity contribution in [2.45, 2.75) is 37.5 Å². The first-order valence-electron chi connectivity index (χ1n) is 11.6. The van der Waals surface area contributed by atoms with Crippen LogP contribution in [0.4, 0.5) is 11.4 Å². The molecule has 0 unspecified atom stereocenters. The SMILES string of the molecule is CC[C@H](C)c1ccccc1NC(=O)COC(=O)c1cccc(S(=O)(=O)N2CCc3ccccc32)c1. The predicted molar refractivity (Wildman–Crippen MR) is 135 cm³/mol. The third kappa shape index (κ3) is 5.22. The van der Waals surface area contributed by atoms with Crippen LogP contribution in [0.3, 0.4) is 0 Å². The molecular weight excluding hydrogens is 464 g/mol. The predicted octanol–water partition coefficient (Wildman–Crippen LogP) is 4.75. The number of carbonyl (C=O) groups excluding carboxylic acids is 2. The van der Waals surface area contributed by atoms with E-state index < -0.39 is 28.5 Å². The molecule has 0 aliphatic carbocycles. The minimum atomic E-state index is -3.85. The molecule has 0 fully saturated rings. The molecule has 3 aromatic rings. The number of hydrogen-bond acceptors (Lipinski definition) is 5. The molecule has 0 radical (unpaired) electrons. The fourth-order valence-corrected chi connectivity index (χ4v) is 5.68. The van der Waals surface area contributed by atoms with Gasteiger partial charge in [-0.25, -0.2) is 13.2 Å². The summed E-state index contributed by atoms with van der Waals surface area (Å²) in [5.74, 6) is -0.970. The molecule has 3 aromatic carbocycles. The van der Waals surface area contributed by atoms with Crippen molar-refractivity contribution in [3.63, 3.8) is 0 Å². The lowest BCUT2D eigenvalue weighted by atomic mass is 9.97. The second-order valence-corrected chi connectivity index (χ2v) is 10.4. The van der Waals surface area contributed by atoms with Gasteiger partial charge in [0.25, 0.3) is 15.9 Å². The average Bonchev–Trinajstić information content (AvgIpc) is 3.32. The zero-order valence-electron chi connectivity index (χ0n) is 19.7. The molecule has 1 aliphatic heterocycles. The quantitative estimate of drug-likeness (QED) is 0.458. The highest BCUT2D eigenvalue weighted by atomic mass is 32.2. The molecule has 8 heteroatoms. The van der Waals surface area contributed by atoms with Crippen LogP contribution in [0.25, 0.3) is 0 Å². The van der Waals surface area contributed by atoms with Gasteiger partial charge in [-0.2, -0.15) is 0 Å². The number of amides is 1. The maximum Gasteiger partial charge on any atom is 0.338 e. The largest absolute Gasteiger partial charge is 0.452 e. The van der Waals surface area contributed by atoms with Gasteiger partial charge < -0.3 is 10.1 Å². The second-order valence-electron chi connectivity index (χ2n) is 8.50. The van der Waals surface area contributed by atoms with Crippen LogP contribution in [-0.4, -0.2) is 33.4 Å². The van der Waals surface area contributed by atoms with E-state index in [1.165, 1.54) is 28.6 Å². The monoisotopic (exact) mass is 492 g/mol.